The molecule has 1 heterocycles. The van der Waals surface area contributed by atoms with Crippen LogP contribution in [0.2, 0.25) is 10.0 Å². The molecule has 0 aliphatic carbocycles. The zero-order chi connectivity index (χ0) is 11.2. The van der Waals surface area contributed by atoms with E-state index in [0.717, 1.165) is 5.56 Å². The lowest BCUT2D eigenvalue weighted by atomic mass is 10.2. The fourth-order valence-electron chi connectivity index (χ4n) is 1.75. The summed E-state index contributed by atoms with van der Waals surface area (Å²) < 4.78 is 24.3. The van der Waals surface area contributed by atoms with Crippen molar-refractivity contribution in [3.63, 3.8) is 0 Å². The average molecular weight is 266 g/mol. The van der Waals surface area contributed by atoms with Crippen LogP contribution in [-0.4, -0.2) is 21.2 Å². The number of hydrogen-bond acceptors (Lipinski definition) is 2. The molecular formula is C9H9Cl2NO2S. The number of anilines is 1. The predicted octanol–water partition coefficient (Wildman–Crippen LogP) is 2.32. The smallest absolute Gasteiger partial charge is 0.232 e. The van der Waals surface area contributed by atoms with Gasteiger partial charge in [0.25, 0.3) is 0 Å². The number of halogens is 2. The van der Waals surface area contributed by atoms with Crippen LogP contribution in [0.25, 0.3) is 0 Å². The topological polar surface area (TPSA) is 37.4 Å². The van der Waals surface area contributed by atoms with E-state index >= 15 is 0 Å². The largest absolute Gasteiger partial charge is 0.268 e. The van der Waals surface area contributed by atoms with Crippen LogP contribution in [0.15, 0.2) is 12.1 Å². The lowest BCUT2D eigenvalue weighted by Crippen LogP contribution is -2.27. The third kappa shape index (κ3) is 1.94. The van der Waals surface area contributed by atoms with Crippen molar-refractivity contribution in [2.75, 3.05) is 17.1 Å². The van der Waals surface area contributed by atoms with Gasteiger partial charge in [0.15, 0.2) is 0 Å². The van der Waals surface area contributed by atoms with Crippen LogP contribution in [-0.2, 0) is 16.4 Å². The summed E-state index contributed by atoms with van der Waals surface area (Å²) in [5, 5.41) is 0.925. The SMILES string of the molecule is CS(=O)(=O)N1CCc2cc(Cl)cc(Cl)c21. The number of hydrogen-bond donors (Lipinski definition) is 0. The fraction of sp³-hybridized carbons (Fsp3) is 0.333. The lowest BCUT2D eigenvalue weighted by Gasteiger charge is -2.17. The standard InChI is InChI=1S/C9H9Cl2NO2S/c1-15(13,14)12-3-2-6-4-7(10)5-8(11)9(6)12/h4-5H,2-3H2,1H3. The van der Waals surface area contributed by atoms with E-state index in [9.17, 15) is 8.42 Å². The molecule has 0 fully saturated rings. The summed E-state index contributed by atoms with van der Waals surface area (Å²) in [6.07, 6.45) is 1.83. The van der Waals surface area contributed by atoms with Gasteiger partial charge in [-0.2, -0.15) is 0 Å². The number of nitrogens with zero attached hydrogens (tertiary/aromatic N) is 1. The third-order valence-corrected chi connectivity index (χ3v) is 4.01. The second-order valence-corrected chi connectivity index (χ2v) is 6.23. The first-order valence-electron chi connectivity index (χ1n) is 4.35. The van der Waals surface area contributed by atoms with Crippen molar-refractivity contribution in [1.82, 2.24) is 0 Å². The van der Waals surface area contributed by atoms with Crippen molar-refractivity contribution >= 4 is 38.9 Å². The number of rotatable bonds is 1. The van der Waals surface area contributed by atoms with Crippen LogP contribution in [0.1, 0.15) is 5.56 Å². The van der Waals surface area contributed by atoms with Crippen molar-refractivity contribution in [3.8, 4) is 0 Å². The Morgan fingerprint density at radius 1 is 1.33 bits per heavy atom. The Bertz CT molecular complexity index is 513. The average Bonchev–Trinajstić information content (AvgIpc) is 2.45. The molecule has 0 bridgehead atoms. The van der Waals surface area contributed by atoms with Crippen LogP contribution >= 0.6 is 23.2 Å². The van der Waals surface area contributed by atoms with Gasteiger partial charge in [-0.1, -0.05) is 23.2 Å². The molecule has 2 rings (SSSR count). The molecule has 1 aliphatic heterocycles. The van der Waals surface area contributed by atoms with E-state index < -0.39 is 10.0 Å². The summed E-state index contributed by atoms with van der Waals surface area (Å²) in [4.78, 5) is 0. The molecule has 0 unspecified atom stereocenters. The zero-order valence-corrected chi connectivity index (χ0v) is 10.3. The van der Waals surface area contributed by atoms with E-state index in [4.69, 9.17) is 23.2 Å². The molecule has 0 amide bonds. The second kappa shape index (κ2) is 3.54. The Morgan fingerprint density at radius 3 is 2.60 bits per heavy atom. The van der Waals surface area contributed by atoms with Gasteiger partial charge in [-0.25, -0.2) is 8.42 Å². The number of fused-ring (bicyclic) bond motifs is 1. The van der Waals surface area contributed by atoms with Crippen LogP contribution < -0.4 is 4.31 Å². The Morgan fingerprint density at radius 2 is 2.00 bits per heavy atom. The molecule has 0 spiro atoms. The van der Waals surface area contributed by atoms with Gasteiger partial charge in [-0.15, -0.1) is 0 Å². The van der Waals surface area contributed by atoms with E-state index in [0.29, 0.717) is 28.7 Å². The van der Waals surface area contributed by atoms with Gasteiger partial charge in [-0.05, 0) is 24.1 Å². The molecule has 1 aliphatic rings. The van der Waals surface area contributed by atoms with E-state index in [1.807, 2.05) is 0 Å². The van der Waals surface area contributed by atoms with Gasteiger partial charge in [0.2, 0.25) is 10.0 Å². The highest BCUT2D eigenvalue weighted by Gasteiger charge is 2.28. The molecule has 82 valence electrons. The Labute approximate surface area is 98.6 Å². The Hall–Kier alpha value is -0.450. The van der Waals surface area contributed by atoms with Crippen molar-refractivity contribution in [3.05, 3.63) is 27.7 Å². The van der Waals surface area contributed by atoms with E-state index in [1.165, 1.54) is 10.6 Å². The summed E-state index contributed by atoms with van der Waals surface area (Å²) in [5.41, 5.74) is 1.46. The fourth-order valence-corrected chi connectivity index (χ4v) is 3.41. The molecule has 6 heteroatoms. The molecule has 0 atom stereocenters. The second-order valence-electron chi connectivity index (χ2n) is 3.48. The maximum Gasteiger partial charge on any atom is 0.232 e. The van der Waals surface area contributed by atoms with Crippen LogP contribution in [0.5, 0.6) is 0 Å². The van der Waals surface area contributed by atoms with Crippen LogP contribution in [0, 0.1) is 0 Å². The predicted molar refractivity (Wildman–Crippen MR) is 62.4 cm³/mol. The van der Waals surface area contributed by atoms with Gasteiger partial charge in [0.05, 0.1) is 17.0 Å². The van der Waals surface area contributed by atoms with Crippen molar-refractivity contribution in [2.45, 2.75) is 6.42 Å². The molecule has 0 radical (unpaired) electrons. The summed E-state index contributed by atoms with van der Waals surface area (Å²) in [6.45, 7) is 0.439. The van der Waals surface area contributed by atoms with Crippen LogP contribution in [0.4, 0.5) is 5.69 Å². The number of benzene rings is 1. The molecule has 1 aromatic carbocycles. The van der Waals surface area contributed by atoms with Gasteiger partial charge in [-0.3, -0.25) is 4.31 Å². The maximum absolute atomic E-state index is 11.5. The first-order valence-corrected chi connectivity index (χ1v) is 6.95. The summed E-state index contributed by atoms with van der Waals surface area (Å²) in [7, 11) is -3.25. The third-order valence-electron chi connectivity index (χ3n) is 2.34. The van der Waals surface area contributed by atoms with Gasteiger partial charge >= 0.3 is 0 Å². The van der Waals surface area contributed by atoms with Crippen molar-refractivity contribution in [1.29, 1.82) is 0 Å². The first-order chi connectivity index (χ1) is 6.89. The Balaban J connectivity index is 2.61. The van der Waals surface area contributed by atoms with Crippen molar-refractivity contribution < 1.29 is 8.42 Å². The summed E-state index contributed by atoms with van der Waals surface area (Å²) in [6, 6.07) is 3.32. The summed E-state index contributed by atoms with van der Waals surface area (Å²) >= 11 is 11.8. The molecular weight excluding hydrogens is 257 g/mol. The summed E-state index contributed by atoms with van der Waals surface area (Å²) in [5.74, 6) is 0. The number of sulfonamides is 1. The molecule has 0 saturated carbocycles. The maximum atomic E-state index is 11.5. The van der Waals surface area contributed by atoms with E-state index in [2.05, 4.69) is 0 Å². The highest BCUT2D eigenvalue weighted by atomic mass is 35.5. The molecule has 3 nitrogen and oxygen atoms in total. The van der Waals surface area contributed by atoms with Gasteiger partial charge in [0.1, 0.15) is 0 Å². The van der Waals surface area contributed by atoms with E-state index in [1.54, 1.807) is 12.1 Å². The zero-order valence-electron chi connectivity index (χ0n) is 8.00. The minimum absolute atomic E-state index is 0.389. The molecule has 0 saturated heterocycles. The normalized spacial score (nSPS) is 15.5. The van der Waals surface area contributed by atoms with E-state index in [-0.39, 0.29) is 0 Å². The van der Waals surface area contributed by atoms with Gasteiger partial charge in [0, 0.05) is 11.6 Å². The van der Waals surface area contributed by atoms with Crippen LogP contribution in [0.3, 0.4) is 0 Å². The molecule has 15 heavy (non-hydrogen) atoms. The highest BCUT2D eigenvalue weighted by molar-refractivity contribution is 7.92. The minimum atomic E-state index is -3.25. The minimum Gasteiger partial charge on any atom is -0.268 e. The van der Waals surface area contributed by atoms with Gasteiger partial charge < -0.3 is 0 Å². The molecule has 0 aromatic heterocycles. The molecule has 0 N–H and O–H groups in total. The first kappa shape index (κ1) is 11.0. The van der Waals surface area contributed by atoms with Crippen molar-refractivity contribution in [2.24, 2.45) is 0 Å². The Kier molecular flexibility index (Phi) is 2.61. The quantitative estimate of drug-likeness (QED) is 0.782. The lowest BCUT2D eigenvalue weighted by molar-refractivity contribution is 0.598. The molecule has 1 aromatic rings. The monoisotopic (exact) mass is 265 g/mol. The highest BCUT2D eigenvalue weighted by Crippen LogP contribution is 2.38.